The van der Waals surface area contributed by atoms with Gasteiger partial charge in [0.25, 0.3) is 0 Å². The van der Waals surface area contributed by atoms with Crippen molar-refractivity contribution in [1.29, 1.82) is 0 Å². The summed E-state index contributed by atoms with van der Waals surface area (Å²) in [6.45, 7) is 6.99. The van der Waals surface area contributed by atoms with E-state index in [-0.39, 0.29) is 19.0 Å². The Morgan fingerprint density at radius 3 is 2.49 bits per heavy atom. The molecule has 10 heteroatoms. The Bertz CT molecular complexity index is 1530. The van der Waals surface area contributed by atoms with Gasteiger partial charge < -0.3 is 24.4 Å². The van der Waals surface area contributed by atoms with Gasteiger partial charge in [0.2, 0.25) is 11.8 Å². The molecule has 0 saturated heterocycles. The second-order valence-electron chi connectivity index (χ2n) is 11.5. The quantitative estimate of drug-likeness (QED) is 0.360. The smallest absolute Gasteiger partial charge is 0.337 e. The van der Waals surface area contributed by atoms with Crippen molar-refractivity contribution in [3.05, 3.63) is 71.3 Å². The Morgan fingerprint density at radius 1 is 1.05 bits per heavy atom. The second kappa shape index (κ2) is 13.2. The van der Waals surface area contributed by atoms with Gasteiger partial charge >= 0.3 is 11.9 Å². The fraction of sp³-hybridized carbons (Fsp3) is 0.394. The first-order chi connectivity index (χ1) is 20.4. The Labute approximate surface area is 251 Å². The summed E-state index contributed by atoms with van der Waals surface area (Å²) in [7, 11) is 2.90. The molecule has 4 rings (SSSR count). The lowest BCUT2D eigenvalue weighted by atomic mass is 10.00. The van der Waals surface area contributed by atoms with Crippen molar-refractivity contribution in [2.45, 2.75) is 64.8 Å². The average Bonchev–Trinajstić information content (AvgIpc) is 3.10. The van der Waals surface area contributed by atoms with Crippen LogP contribution in [-0.2, 0) is 36.8 Å². The predicted octanol–water partition coefficient (Wildman–Crippen LogP) is 3.92. The summed E-state index contributed by atoms with van der Waals surface area (Å²) in [6.07, 6.45) is 0.990. The van der Waals surface area contributed by atoms with E-state index in [2.05, 4.69) is 10.6 Å². The second-order valence-corrected chi connectivity index (χ2v) is 11.5. The van der Waals surface area contributed by atoms with Gasteiger partial charge in [-0.25, -0.2) is 4.79 Å². The molecule has 10 nitrogen and oxygen atoms in total. The minimum Gasteiger partial charge on any atom is -0.496 e. The molecule has 0 saturated carbocycles. The van der Waals surface area contributed by atoms with Gasteiger partial charge in [-0.3, -0.25) is 19.7 Å². The normalized spacial score (nSPS) is 15.7. The number of nitrogens with zero attached hydrogens (tertiary/aromatic N) is 1. The van der Waals surface area contributed by atoms with E-state index in [9.17, 15) is 19.2 Å². The van der Waals surface area contributed by atoms with E-state index < -0.39 is 35.5 Å². The van der Waals surface area contributed by atoms with Gasteiger partial charge in [0, 0.05) is 11.3 Å². The maximum Gasteiger partial charge on any atom is 0.337 e. The van der Waals surface area contributed by atoms with E-state index >= 15 is 0 Å². The highest BCUT2D eigenvalue weighted by Gasteiger charge is 2.33. The zero-order valence-electron chi connectivity index (χ0n) is 25.5. The van der Waals surface area contributed by atoms with Crippen molar-refractivity contribution < 1.29 is 33.4 Å². The maximum absolute atomic E-state index is 14.1. The standard InChI is InChI=1S/C33H39N3O7/c1-20(34-18-29(37)43-33(2,3)4)30(38)35-26-15-12-21-9-7-8-10-27(21)36(31(26)39)19-25-24-14-11-23(32(40)42-6)17-22(24)13-16-28(25)41-5/h7-11,13-14,16-17,20,26,34H,12,15,18-19H2,1-6H3,(H,35,38)/t20-,26-/m0/s1. The molecule has 0 bridgehead atoms. The summed E-state index contributed by atoms with van der Waals surface area (Å²) in [5, 5.41) is 7.40. The van der Waals surface area contributed by atoms with Crippen molar-refractivity contribution in [3.8, 4) is 5.75 Å². The fourth-order valence-corrected chi connectivity index (χ4v) is 5.15. The molecule has 2 atom stereocenters. The van der Waals surface area contributed by atoms with Crippen LogP contribution in [0.1, 0.15) is 55.6 Å². The van der Waals surface area contributed by atoms with Gasteiger partial charge in [0.1, 0.15) is 17.4 Å². The Hall–Kier alpha value is -4.44. The van der Waals surface area contributed by atoms with E-state index in [1.165, 1.54) is 7.11 Å². The summed E-state index contributed by atoms with van der Waals surface area (Å²) in [5.41, 5.74) is 2.28. The number of benzene rings is 3. The molecule has 2 N–H and O–H groups in total. The van der Waals surface area contributed by atoms with Gasteiger partial charge in [0.05, 0.1) is 38.9 Å². The lowest BCUT2D eigenvalue weighted by molar-refractivity contribution is -0.153. The minimum absolute atomic E-state index is 0.138. The summed E-state index contributed by atoms with van der Waals surface area (Å²) in [4.78, 5) is 53.2. The van der Waals surface area contributed by atoms with Gasteiger partial charge in [-0.2, -0.15) is 0 Å². The van der Waals surface area contributed by atoms with Crippen LogP contribution >= 0.6 is 0 Å². The van der Waals surface area contributed by atoms with Gasteiger partial charge in [0.15, 0.2) is 0 Å². The third kappa shape index (κ3) is 7.50. The van der Waals surface area contributed by atoms with Crippen LogP contribution in [0.2, 0.25) is 0 Å². The zero-order valence-corrected chi connectivity index (χ0v) is 25.5. The van der Waals surface area contributed by atoms with Crippen molar-refractivity contribution >= 4 is 40.2 Å². The number of fused-ring (bicyclic) bond motifs is 2. The highest BCUT2D eigenvalue weighted by atomic mass is 16.6. The van der Waals surface area contributed by atoms with Crippen LogP contribution in [0.5, 0.6) is 5.75 Å². The highest BCUT2D eigenvalue weighted by Crippen LogP contribution is 2.34. The number of amides is 2. The zero-order chi connectivity index (χ0) is 31.3. The third-order valence-electron chi connectivity index (χ3n) is 7.28. The lowest BCUT2D eigenvalue weighted by Crippen LogP contribution is -2.53. The number of aryl methyl sites for hydroxylation is 1. The number of nitrogens with one attached hydrogen (secondary N) is 2. The minimum atomic E-state index is -0.794. The predicted molar refractivity (Wildman–Crippen MR) is 163 cm³/mol. The molecule has 228 valence electrons. The summed E-state index contributed by atoms with van der Waals surface area (Å²) >= 11 is 0. The average molecular weight is 590 g/mol. The van der Waals surface area contributed by atoms with Gasteiger partial charge in [-0.1, -0.05) is 30.3 Å². The topological polar surface area (TPSA) is 123 Å². The van der Waals surface area contributed by atoms with Crippen LogP contribution in [0.4, 0.5) is 5.69 Å². The molecule has 1 aliphatic rings. The molecule has 0 aliphatic carbocycles. The molecule has 43 heavy (non-hydrogen) atoms. The van der Waals surface area contributed by atoms with Crippen molar-refractivity contribution in [2.24, 2.45) is 0 Å². The largest absolute Gasteiger partial charge is 0.496 e. The van der Waals surface area contributed by atoms with Crippen LogP contribution in [0.3, 0.4) is 0 Å². The molecule has 0 fully saturated rings. The van der Waals surface area contributed by atoms with E-state index in [0.29, 0.717) is 24.2 Å². The summed E-state index contributed by atoms with van der Waals surface area (Å²) < 4.78 is 15.9. The van der Waals surface area contributed by atoms with Crippen LogP contribution in [0, 0.1) is 0 Å². The van der Waals surface area contributed by atoms with Crippen LogP contribution in [0.15, 0.2) is 54.6 Å². The first kappa shape index (κ1) is 31.5. The van der Waals surface area contributed by atoms with Crippen LogP contribution in [0.25, 0.3) is 10.8 Å². The molecule has 2 amide bonds. The number of ether oxygens (including phenoxy) is 3. The summed E-state index contributed by atoms with van der Waals surface area (Å²) in [5.74, 6) is -0.978. The van der Waals surface area contributed by atoms with E-state index in [4.69, 9.17) is 14.2 Å². The molecule has 0 radical (unpaired) electrons. The SMILES string of the molecule is COC(=O)c1ccc2c(CN3C(=O)[C@@H](NC(=O)[C@H](C)NCC(=O)OC(C)(C)C)CCc4ccccc43)c(OC)ccc2c1. The Morgan fingerprint density at radius 2 is 1.79 bits per heavy atom. The van der Waals surface area contributed by atoms with Crippen LogP contribution in [-0.4, -0.2) is 62.2 Å². The van der Waals surface area contributed by atoms with Crippen molar-refractivity contribution in [3.63, 3.8) is 0 Å². The number of methoxy groups -OCH3 is 2. The first-order valence-corrected chi connectivity index (χ1v) is 14.2. The number of carbonyl (C=O) groups excluding carboxylic acids is 4. The van der Waals surface area contributed by atoms with Crippen LogP contribution < -0.4 is 20.3 Å². The van der Waals surface area contributed by atoms with Gasteiger partial charge in [-0.05, 0) is 81.1 Å². The number of hydrogen-bond acceptors (Lipinski definition) is 8. The number of rotatable bonds is 9. The first-order valence-electron chi connectivity index (χ1n) is 14.2. The number of anilines is 1. The molecule has 1 heterocycles. The van der Waals surface area contributed by atoms with E-state index in [1.54, 1.807) is 51.8 Å². The Kier molecular flexibility index (Phi) is 9.70. The molecule has 3 aromatic carbocycles. The molecule has 3 aromatic rings. The molecule has 0 spiro atoms. The molecule has 0 aromatic heterocycles. The lowest BCUT2D eigenvalue weighted by Gasteiger charge is -2.28. The number of para-hydroxylation sites is 1. The number of hydrogen-bond donors (Lipinski definition) is 2. The van der Waals surface area contributed by atoms with E-state index in [1.807, 2.05) is 42.5 Å². The molecule has 1 aliphatic heterocycles. The number of esters is 2. The van der Waals surface area contributed by atoms with E-state index in [0.717, 1.165) is 27.6 Å². The molecule has 0 unspecified atom stereocenters. The monoisotopic (exact) mass is 589 g/mol. The molecular formula is C33H39N3O7. The highest BCUT2D eigenvalue weighted by molar-refractivity contribution is 6.02. The van der Waals surface area contributed by atoms with Gasteiger partial charge in [-0.15, -0.1) is 0 Å². The third-order valence-corrected chi connectivity index (χ3v) is 7.28. The van der Waals surface area contributed by atoms with Crippen molar-refractivity contribution in [2.75, 3.05) is 25.7 Å². The maximum atomic E-state index is 14.1. The van der Waals surface area contributed by atoms with Crippen molar-refractivity contribution in [1.82, 2.24) is 10.6 Å². The summed E-state index contributed by atoms with van der Waals surface area (Å²) in [6, 6.07) is 15.1. The Balaban J connectivity index is 1.61. The molecular weight excluding hydrogens is 550 g/mol. The number of carbonyl (C=O) groups is 4. The fourth-order valence-electron chi connectivity index (χ4n) is 5.15.